The second kappa shape index (κ2) is 5.42. The average Bonchev–Trinajstić information content (AvgIpc) is 2.68. The van der Waals surface area contributed by atoms with Crippen molar-refractivity contribution in [3.63, 3.8) is 0 Å². The van der Waals surface area contributed by atoms with Gasteiger partial charge in [-0.2, -0.15) is 5.10 Å². The minimum atomic E-state index is 0.813. The van der Waals surface area contributed by atoms with Crippen molar-refractivity contribution in [3.8, 4) is 0 Å². The van der Waals surface area contributed by atoms with Crippen LogP contribution in [0.2, 0.25) is 0 Å². The Morgan fingerprint density at radius 3 is 2.88 bits per heavy atom. The summed E-state index contributed by atoms with van der Waals surface area (Å²) in [6.45, 7) is 4.02. The van der Waals surface area contributed by atoms with E-state index in [9.17, 15) is 0 Å². The predicted octanol–water partition coefficient (Wildman–Crippen LogP) is 3.97. The molecule has 88 valence electrons. The molecule has 3 nitrogen and oxygen atoms in total. The van der Waals surface area contributed by atoms with E-state index in [1.807, 2.05) is 24.4 Å². The van der Waals surface area contributed by atoms with Crippen molar-refractivity contribution in [1.82, 2.24) is 4.98 Å². The maximum Gasteiger partial charge on any atom is 0.203 e. The Kier molecular flexibility index (Phi) is 3.91. The number of hydrogen-bond donors (Lipinski definition) is 1. The van der Waals surface area contributed by atoms with E-state index >= 15 is 0 Å². The highest BCUT2D eigenvalue weighted by molar-refractivity contribution is 9.10. The smallest absolute Gasteiger partial charge is 0.203 e. The molecule has 17 heavy (non-hydrogen) atoms. The second-order valence-corrected chi connectivity index (χ2v) is 5.44. The molecule has 0 aliphatic rings. The maximum atomic E-state index is 4.26. The minimum absolute atomic E-state index is 0.813. The van der Waals surface area contributed by atoms with Crippen LogP contribution in [0.15, 0.2) is 33.2 Å². The largest absolute Gasteiger partial charge is 0.253 e. The molecule has 0 bridgehead atoms. The van der Waals surface area contributed by atoms with Crippen LogP contribution in [0.3, 0.4) is 0 Å². The zero-order chi connectivity index (χ0) is 12.3. The summed E-state index contributed by atoms with van der Waals surface area (Å²) in [5.74, 6) is 0. The van der Waals surface area contributed by atoms with Crippen LogP contribution in [0.1, 0.15) is 16.8 Å². The topological polar surface area (TPSA) is 37.3 Å². The third-order valence-electron chi connectivity index (χ3n) is 2.21. The van der Waals surface area contributed by atoms with Gasteiger partial charge in [0.1, 0.15) is 0 Å². The van der Waals surface area contributed by atoms with Gasteiger partial charge < -0.3 is 0 Å². The van der Waals surface area contributed by atoms with Crippen molar-refractivity contribution >= 4 is 38.6 Å². The molecule has 0 saturated carbocycles. The first-order valence-corrected chi connectivity index (χ1v) is 6.80. The highest BCUT2D eigenvalue weighted by Crippen LogP contribution is 2.16. The number of hydrazone groups is 1. The van der Waals surface area contributed by atoms with Gasteiger partial charge in [0.25, 0.3) is 0 Å². The Morgan fingerprint density at radius 2 is 2.24 bits per heavy atom. The molecule has 5 heteroatoms. The van der Waals surface area contributed by atoms with E-state index in [2.05, 4.69) is 44.4 Å². The fraction of sp³-hybridized carbons (Fsp3) is 0.167. The molecule has 0 radical (unpaired) electrons. The van der Waals surface area contributed by atoms with Crippen molar-refractivity contribution in [2.24, 2.45) is 5.10 Å². The van der Waals surface area contributed by atoms with Gasteiger partial charge in [-0.15, -0.1) is 11.3 Å². The fourth-order valence-corrected chi connectivity index (χ4v) is 2.46. The molecule has 2 rings (SSSR count). The van der Waals surface area contributed by atoms with E-state index in [0.29, 0.717) is 0 Å². The van der Waals surface area contributed by atoms with Crippen molar-refractivity contribution in [3.05, 3.63) is 44.9 Å². The zero-order valence-corrected chi connectivity index (χ0v) is 12.0. The number of halogens is 1. The van der Waals surface area contributed by atoms with E-state index in [4.69, 9.17) is 0 Å². The van der Waals surface area contributed by atoms with Crippen LogP contribution in [0.4, 0.5) is 5.13 Å². The quantitative estimate of drug-likeness (QED) is 0.688. The van der Waals surface area contributed by atoms with Crippen molar-refractivity contribution in [2.75, 3.05) is 5.43 Å². The van der Waals surface area contributed by atoms with Gasteiger partial charge in [-0.05, 0) is 37.1 Å². The summed E-state index contributed by atoms with van der Waals surface area (Å²) in [5, 5.41) is 6.98. The van der Waals surface area contributed by atoms with Crippen LogP contribution in [0.25, 0.3) is 0 Å². The molecule has 1 aromatic carbocycles. The van der Waals surface area contributed by atoms with Crippen molar-refractivity contribution in [2.45, 2.75) is 13.8 Å². The van der Waals surface area contributed by atoms with E-state index in [1.54, 1.807) is 17.6 Å². The lowest BCUT2D eigenvalue weighted by atomic mass is 10.1. The van der Waals surface area contributed by atoms with Gasteiger partial charge >= 0.3 is 0 Å². The van der Waals surface area contributed by atoms with Crippen molar-refractivity contribution < 1.29 is 0 Å². The van der Waals surface area contributed by atoms with Crippen LogP contribution in [-0.2, 0) is 0 Å². The molecule has 1 heterocycles. The van der Waals surface area contributed by atoms with Gasteiger partial charge in [0.05, 0.1) is 11.9 Å². The highest BCUT2D eigenvalue weighted by Gasteiger charge is 1.97. The molecule has 0 spiro atoms. The van der Waals surface area contributed by atoms with Crippen LogP contribution in [0.5, 0.6) is 0 Å². The number of hydrogen-bond acceptors (Lipinski definition) is 4. The summed E-state index contributed by atoms with van der Waals surface area (Å²) in [6.07, 6.45) is 1.80. The number of anilines is 1. The third-order valence-corrected chi connectivity index (χ3v) is 3.57. The molecule has 0 saturated heterocycles. The fourth-order valence-electron chi connectivity index (χ4n) is 1.35. The van der Waals surface area contributed by atoms with E-state index in [0.717, 1.165) is 20.9 Å². The SMILES string of the molecule is Cc1csc(NN=Cc2ccc(Br)cc2C)n1. The van der Waals surface area contributed by atoms with Crippen LogP contribution >= 0.6 is 27.3 Å². The number of aromatic nitrogens is 1. The summed E-state index contributed by atoms with van der Waals surface area (Å²) in [5.41, 5.74) is 6.20. The summed E-state index contributed by atoms with van der Waals surface area (Å²) in [6, 6.07) is 6.09. The molecule has 0 unspecified atom stereocenters. The van der Waals surface area contributed by atoms with Crippen LogP contribution in [-0.4, -0.2) is 11.2 Å². The van der Waals surface area contributed by atoms with E-state index < -0.39 is 0 Å². The molecule has 0 fully saturated rings. The normalized spacial score (nSPS) is 11.0. The van der Waals surface area contributed by atoms with Crippen LogP contribution < -0.4 is 5.43 Å². The molecular formula is C12H12BrN3S. The standard InChI is InChI=1S/C12H12BrN3S/c1-8-5-11(13)4-3-10(8)6-14-16-12-15-9(2)7-17-12/h3-7H,1-2H3,(H,15,16). The Balaban J connectivity index is 2.05. The lowest BCUT2D eigenvalue weighted by Crippen LogP contribution is -1.92. The summed E-state index contributed by atoms with van der Waals surface area (Å²) in [7, 11) is 0. The van der Waals surface area contributed by atoms with Gasteiger partial charge in [-0.3, -0.25) is 5.43 Å². The summed E-state index contributed by atoms with van der Waals surface area (Å²) >= 11 is 4.98. The Labute approximate surface area is 113 Å². The van der Waals surface area contributed by atoms with Gasteiger partial charge in [0, 0.05) is 9.85 Å². The number of nitrogens with one attached hydrogen (secondary N) is 1. The molecule has 1 aromatic heterocycles. The first kappa shape index (κ1) is 12.3. The Bertz CT molecular complexity index is 548. The minimum Gasteiger partial charge on any atom is -0.253 e. The maximum absolute atomic E-state index is 4.26. The summed E-state index contributed by atoms with van der Waals surface area (Å²) < 4.78 is 1.08. The Hall–Kier alpha value is -1.20. The lowest BCUT2D eigenvalue weighted by Gasteiger charge is -2.00. The third kappa shape index (κ3) is 3.38. The van der Waals surface area contributed by atoms with Gasteiger partial charge in [-0.1, -0.05) is 22.0 Å². The van der Waals surface area contributed by atoms with Crippen molar-refractivity contribution in [1.29, 1.82) is 0 Å². The van der Waals surface area contributed by atoms with Gasteiger partial charge in [0.15, 0.2) is 0 Å². The first-order valence-electron chi connectivity index (χ1n) is 5.12. The van der Waals surface area contributed by atoms with Crippen LogP contribution in [0, 0.1) is 13.8 Å². The highest BCUT2D eigenvalue weighted by atomic mass is 79.9. The van der Waals surface area contributed by atoms with Gasteiger partial charge in [0.2, 0.25) is 5.13 Å². The molecule has 2 aromatic rings. The summed E-state index contributed by atoms with van der Waals surface area (Å²) in [4.78, 5) is 4.26. The number of aryl methyl sites for hydroxylation is 2. The molecule has 1 N–H and O–H groups in total. The predicted molar refractivity (Wildman–Crippen MR) is 76.9 cm³/mol. The average molecular weight is 310 g/mol. The molecule has 0 aliphatic heterocycles. The molecule has 0 aliphatic carbocycles. The lowest BCUT2D eigenvalue weighted by molar-refractivity contribution is 1.22. The Morgan fingerprint density at radius 1 is 1.41 bits per heavy atom. The number of nitrogens with zero attached hydrogens (tertiary/aromatic N) is 2. The zero-order valence-electron chi connectivity index (χ0n) is 9.57. The van der Waals surface area contributed by atoms with E-state index in [1.165, 1.54) is 5.56 Å². The number of thiazole rings is 1. The van der Waals surface area contributed by atoms with Gasteiger partial charge in [-0.25, -0.2) is 4.98 Å². The number of benzene rings is 1. The molecular weight excluding hydrogens is 298 g/mol. The van der Waals surface area contributed by atoms with E-state index in [-0.39, 0.29) is 0 Å². The molecule has 0 atom stereocenters. The first-order chi connectivity index (χ1) is 8.15. The second-order valence-electron chi connectivity index (χ2n) is 3.66. The number of rotatable bonds is 3. The molecule has 0 amide bonds. The monoisotopic (exact) mass is 309 g/mol.